The van der Waals surface area contributed by atoms with Crippen molar-refractivity contribution in [3.8, 4) is 5.75 Å². The number of hydrogen-bond donors (Lipinski definition) is 2. The van der Waals surface area contributed by atoms with Crippen molar-refractivity contribution < 1.29 is 19.4 Å². The molecule has 26 heavy (non-hydrogen) atoms. The summed E-state index contributed by atoms with van der Waals surface area (Å²) in [6.45, 7) is 1.74. The van der Waals surface area contributed by atoms with E-state index >= 15 is 0 Å². The minimum Gasteiger partial charge on any atom is -0.497 e. The second kappa shape index (κ2) is 7.20. The molecule has 1 amide bonds. The second-order valence-electron chi connectivity index (χ2n) is 6.91. The first-order chi connectivity index (χ1) is 12.4. The predicted molar refractivity (Wildman–Crippen MR) is 98.2 cm³/mol. The molecule has 136 valence electrons. The first-order valence-electron chi connectivity index (χ1n) is 8.69. The summed E-state index contributed by atoms with van der Waals surface area (Å²) in [5.41, 5.74) is 1.91. The molecule has 2 aromatic rings. The van der Waals surface area contributed by atoms with Crippen molar-refractivity contribution >= 4 is 11.9 Å². The van der Waals surface area contributed by atoms with E-state index in [0.29, 0.717) is 11.3 Å². The number of aryl methyl sites for hydroxylation is 1. The summed E-state index contributed by atoms with van der Waals surface area (Å²) < 4.78 is 5.25. The van der Waals surface area contributed by atoms with Gasteiger partial charge in [0.15, 0.2) is 0 Å². The van der Waals surface area contributed by atoms with Crippen molar-refractivity contribution in [2.24, 2.45) is 0 Å². The third-order valence-electron chi connectivity index (χ3n) is 5.06. The summed E-state index contributed by atoms with van der Waals surface area (Å²) in [4.78, 5) is 24.5. The molecule has 0 fully saturated rings. The molecule has 2 unspecified atom stereocenters. The zero-order chi connectivity index (χ0) is 18.7. The van der Waals surface area contributed by atoms with Crippen LogP contribution in [0.25, 0.3) is 0 Å². The molecule has 1 aliphatic carbocycles. The quantitative estimate of drug-likeness (QED) is 0.836. The molecule has 2 aromatic carbocycles. The standard InChI is InChI=1S/C21H23NO4/c1-21(13-19(23)24,15-7-5-8-16(12-15)26-2)22-20(25)18-11-10-14-6-3-4-9-17(14)18/h3-9,12,18H,10-11,13H2,1-2H3,(H,22,25)(H,23,24). The van der Waals surface area contributed by atoms with Crippen molar-refractivity contribution in [2.75, 3.05) is 7.11 Å². The van der Waals surface area contributed by atoms with E-state index in [1.165, 1.54) is 5.56 Å². The maximum Gasteiger partial charge on any atom is 0.306 e. The molecular weight excluding hydrogens is 330 g/mol. The molecule has 0 saturated carbocycles. The average Bonchev–Trinajstić information content (AvgIpc) is 3.05. The number of ether oxygens (including phenoxy) is 1. The Morgan fingerprint density at radius 3 is 2.73 bits per heavy atom. The van der Waals surface area contributed by atoms with Crippen LogP contribution in [0, 0.1) is 0 Å². The Bertz CT molecular complexity index is 832. The zero-order valence-corrected chi connectivity index (χ0v) is 15.0. The first-order valence-corrected chi connectivity index (χ1v) is 8.69. The lowest BCUT2D eigenvalue weighted by atomic mass is 9.87. The van der Waals surface area contributed by atoms with Gasteiger partial charge in [-0.05, 0) is 48.6 Å². The highest BCUT2D eigenvalue weighted by Gasteiger charge is 2.36. The van der Waals surface area contributed by atoms with Gasteiger partial charge in [-0.25, -0.2) is 0 Å². The second-order valence-corrected chi connectivity index (χ2v) is 6.91. The topological polar surface area (TPSA) is 75.6 Å². The van der Waals surface area contributed by atoms with E-state index in [9.17, 15) is 14.7 Å². The molecule has 0 bridgehead atoms. The van der Waals surface area contributed by atoms with Gasteiger partial charge in [-0.1, -0.05) is 36.4 Å². The maximum atomic E-state index is 13.0. The molecule has 3 rings (SSSR count). The zero-order valence-electron chi connectivity index (χ0n) is 15.0. The van der Waals surface area contributed by atoms with Crippen LogP contribution in [0.5, 0.6) is 5.75 Å². The van der Waals surface area contributed by atoms with Crippen LogP contribution in [-0.2, 0) is 21.5 Å². The molecular formula is C21H23NO4. The number of nitrogens with one attached hydrogen (secondary N) is 1. The molecule has 5 nitrogen and oxygen atoms in total. The summed E-state index contributed by atoms with van der Waals surface area (Å²) in [5, 5.41) is 12.4. The number of amides is 1. The summed E-state index contributed by atoms with van der Waals surface area (Å²) >= 11 is 0. The number of carboxylic acid groups (broad SMARTS) is 1. The lowest BCUT2D eigenvalue weighted by molar-refractivity contribution is -0.139. The normalized spacial score (nSPS) is 17.8. The molecule has 0 aliphatic heterocycles. The largest absolute Gasteiger partial charge is 0.497 e. The van der Waals surface area contributed by atoms with Crippen molar-refractivity contribution in [2.45, 2.75) is 37.6 Å². The first kappa shape index (κ1) is 18.0. The number of benzene rings is 2. The van der Waals surface area contributed by atoms with E-state index in [1.54, 1.807) is 32.2 Å². The SMILES string of the molecule is COc1cccc(C(C)(CC(=O)O)NC(=O)C2CCc3ccccc32)c1. The monoisotopic (exact) mass is 353 g/mol. The molecule has 0 heterocycles. The number of methoxy groups -OCH3 is 1. The number of fused-ring (bicyclic) bond motifs is 1. The fourth-order valence-corrected chi connectivity index (χ4v) is 3.68. The van der Waals surface area contributed by atoms with Crippen molar-refractivity contribution in [1.29, 1.82) is 0 Å². The molecule has 0 spiro atoms. The van der Waals surface area contributed by atoms with Gasteiger partial charge in [0.1, 0.15) is 5.75 Å². The Kier molecular flexibility index (Phi) is 4.98. The van der Waals surface area contributed by atoms with Gasteiger partial charge < -0.3 is 15.2 Å². The minimum atomic E-state index is -1.02. The van der Waals surface area contributed by atoms with Crippen LogP contribution in [0.15, 0.2) is 48.5 Å². The molecule has 0 radical (unpaired) electrons. The molecule has 5 heteroatoms. The number of carbonyl (C=O) groups excluding carboxylic acids is 1. The fraction of sp³-hybridized carbons (Fsp3) is 0.333. The van der Waals surface area contributed by atoms with Crippen molar-refractivity contribution in [3.63, 3.8) is 0 Å². The van der Waals surface area contributed by atoms with Crippen LogP contribution in [0.4, 0.5) is 0 Å². The van der Waals surface area contributed by atoms with E-state index in [1.807, 2.05) is 30.3 Å². The highest BCUT2D eigenvalue weighted by Crippen LogP contribution is 2.35. The lowest BCUT2D eigenvalue weighted by Gasteiger charge is -2.31. The average molecular weight is 353 g/mol. The van der Waals surface area contributed by atoms with Gasteiger partial charge >= 0.3 is 5.97 Å². The third-order valence-corrected chi connectivity index (χ3v) is 5.06. The Morgan fingerprint density at radius 2 is 2.00 bits per heavy atom. The Hall–Kier alpha value is -2.82. The van der Waals surface area contributed by atoms with Crippen molar-refractivity contribution in [3.05, 3.63) is 65.2 Å². The molecule has 1 aliphatic rings. The van der Waals surface area contributed by atoms with Gasteiger partial charge in [-0.3, -0.25) is 9.59 Å². The van der Waals surface area contributed by atoms with E-state index < -0.39 is 11.5 Å². The van der Waals surface area contributed by atoms with Crippen LogP contribution in [0.3, 0.4) is 0 Å². The fourth-order valence-electron chi connectivity index (χ4n) is 3.68. The van der Waals surface area contributed by atoms with Gasteiger partial charge in [-0.2, -0.15) is 0 Å². The molecule has 2 N–H and O–H groups in total. The van der Waals surface area contributed by atoms with Gasteiger partial charge in [0.05, 0.1) is 25.0 Å². The number of rotatable bonds is 6. The van der Waals surface area contributed by atoms with E-state index in [4.69, 9.17) is 4.74 Å². The molecule has 0 saturated heterocycles. The highest BCUT2D eigenvalue weighted by atomic mass is 16.5. The molecule has 0 aromatic heterocycles. The number of hydrogen-bond acceptors (Lipinski definition) is 3. The summed E-state index contributed by atoms with van der Waals surface area (Å²) in [7, 11) is 1.56. The number of carbonyl (C=O) groups is 2. The van der Waals surface area contributed by atoms with E-state index in [-0.39, 0.29) is 18.2 Å². The van der Waals surface area contributed by atoms with E-state index in [0.717, 1.165) is 18.4 Å². The van der Waals surface area contributed by atoms with Crippen LogP contribution in [0.2, 0.25) is 0 Å². The third kappa shape index (κ3) is 3.57. The smallest absolute Gasteiger partial charge is 0.306 e. The van der Waals surface area contributed by atoms with Crippen LogP contribution in [0.1, 0.15) is 42.4 Å². The highest BCUT2D eigenvalue weighted by molar-refractivity contribution is 5.86. The van der Waals surface area contributed by atoms with Crippen LogP contribution in [-0.4, -0.2) is 24.1 Å². The Morgan fingerprint density at radius 1 is 1.23 bits per heavy atom. The Balaban J connectivity index is 1.89. The van der Waals surface area contributed by atoms with Gasteiger partial charge in [-0.15, -0.1) is 0 Å². The molecule has 2 atom stereocenters. The number of aliphatic carboxylic acids is 1. The predicted octanol–water partition coefficient (Wildman–Crippen LogP) is 3.23. The Labute approximate surface area is 153 Å². The van der Waals surface area contributed by atoms with Crippen LogP contribution < -0.4 is 10.1 Å². The van der Waals surface area contributed by atoms with Crippen molar-refractivity contribution in [1.82, 2.24) is 5.32 Å². The lowest BCUT2D eigenvalue weighted by Crippen LogP contribution is -2.46. The minimum absolute atomic E-state index is 0.137. The summed E-state index contributed by atoms with van der Waals surface area (Å²) in [5.74, 6) is -0.728. The number of carboxylic acids is 1. The maximum absolute atomic E-state index is 13.0. The van der Waals surface area contributed by atoms with Crippen LogP contribution >= 0.6 is 0 Å². The van der Waals surface area contributed by atoms with Gasteiger partial charge in [0.2, 0.25) is 5.91 Å². The summed E-state index contributed by atoms with van der Waals surface area (Å²) in [6, 6.07) is 15.1. The van der Waals surface area contributed by atoms with E-state index in [2.05, 4.69) is 5.32 Å². The van der Waals surface area contributed by atoms with Gasteiger partial charge in [0.25, 0.3) is 0 Å². The van der Waals surface area contributed by atoms with Gasteiger partial charge in [0, 0.05) is 0 Å². The summed E-state index contributed by atoms with van der Waals surface area (Å²) in [6.07, 6.45) is 1.40.